The minimum atomic E-state index is 0.241. The monoisotopic (exact) mass is 267 g/mol. The average Bonchev–Trinajstić information content (AvgIpc) is 2.42. The first-order valence-electron chi connectivity index (χ1n) is 8.42. The van der Waals surface area contributed by atoms with Crippen molar-refractivity contribution in [3.8, 4) is 0 Å². The van der Waals surface area contributed by atoms with E-state index >= 15 is 0 Å². The Kier molecular flexibility index (Phi) is 14.9. The molecule has 1 unspecified atom stereocenters. The molecule has 0 aliphatic heterocycles. The first-order valence-corrected chi connectivity index (χ1v) is 8.42. The van der Waals surface area contributed by atoms with Crippen molar-refractivity contribution < 1.29 is 4.79 Å². The maximum atomic E-state index is 10.4. The number of unbranched alkanes of at least 4 members (excludes halogenated alkanes) is 9. The highest BCUT2D eigenvalue weighted by Crippen LogP contribution is 2.15. The van der Waals surface area contributed by atoms with E-state index in [1.807, 2.05) is 0 Å². The van der Waals surface area contributed by atoms with Crippen LogP contribution in [-0.2, 0) is 4.79 Å². The summed E-state index contributed by atoms with van der Waals surface area (Å²) in [6, 6.07) is 0.241. The lowest BCUT2D eigenvalue weighted by Crippen LogP contribution is -2.04. The fourth-order valence-corrected chi connectivity index (χ4v) is 2.49. The Morgan fingerprint density at radius 3 is 1.63 bits per heavy atom. The summed E-state index contributed by atoms with van der Waals surface area (Å²) in [6.45, 7) is 4.47. The number of aliphatic imine (C=N–C) groups is 1. The van der Waals surface area contributed by atoms with Gasteiger partial charge in [0.1, 0.15) is 0 Å². The fraction of sp³-hybridized carbons (Fsp3) is 0.941. The van der Waals surface area contributed by atoms with Gasteiger partial charge in [0.25, 0.3) is 0 Å². The Morgan fingerprint density at radius 1 is 0.737 bits per heavy atom. The zero-order chi connectivity index (χ0) is 14.2. The van der Waals surface area contributed by atoms with Crippen molar-refractivity contribution in [1.82, 2.24) is 0 Å². The van der Waals surface area contributed by atoms with Crippen molar-refractivity contribution in [2.45, 2.75) is 103 Å². The maximum Gasteiger partial charge on any atom is 0.235 e. The predicted octanol–water partition coefficient (Wildman–Crippen LogP) is 5.80. The Hall–Kier alpha value is -0.620. The van der Waals surface area contributed by atoms with Gasteiger partial charge in [-0.25, -0.2) is 9.79 Å². The molecule has 0 aliphatic carbocycles. The van der Waals surface area contributed by atoms with Crippen LogP contribution in [0.5, 0.6) is 0 Å². The Morgan fingerprint density at radius 2 is 1.16 bits per heavy atom. The molecule has 0 saturated heterocycles. The van der Waals surface area contributed by atoms with E-state index in [2.05, 4.69) is 18.8 Å². The zero-order valence-corrected chi connectivity index (χ0v) is 13.1. The molecule has 0 aromatic carbocycles. The van der Waals surface area contributed by atoms with Crippen LogP contribution in [0.4, 0.5) is 0 Å². The molecule has 19 heavy (non-hydrogen) atoms. The van der Waals surface area contributed by atoms with E-state index < -0.39 is 0 Å². The van der Waals surface area contributed by atoms with Gasteiger partial charge in [0.15, 0.2) is 0 Å². The topological polar surface area (TPSA) is 29.4 Å². The number of nitrogens with zero attached hydrogens (tertiary/aromatic N) is 1. The van der Waals surface area contributed by atoms with E-state index in [1.54, 1.807) is 6.08 Å². The Bertz CT molecular complexity index is 221. The molecule has 0 aromatic rings. The lowest BCUT2D eigenvalue weighted by molar-refractivity contribution is 0.482. The lowest BCUT2D eigenvalue weighted by atomic mass is 10.0. The summed E-state index contributed by atoms with van der Waals surface area (Å²) in [4.78, 5) is 14.4. The van der Waals surface area contributed by atoms with Gasteiger partial charge in [-0.15, -0.1) is 0 Å². The van der Waals surface area contributed by atoms with Crippen LogP contribution in [0.25, 0.3) is 0 Å². The fourth-order valence-electron chi connectivity index (χ4n) is 2.49. The van der Waals surface area contributed by atoms with Crippen molar-refractivity contribution >= 4 is 6.08 Å². The minimum absolute atomic E-state index is 0.241. The summed E-state index contributed by atoms with van der Waals surface area (Å²) in [5, 5.41) is 0. The van der Waals surface area contributed by atoms with Crippen LogP contribution >= 0.6 is 0 Å². The second-order valence-electron chi connectivity index (χ2n) is 5.63. The number of isocyanates is 1. The maximum absolute atomic E-state index is 10.4. The largest absolute Gasteiger partial charge is 0.235 e. The van der Waals surface area contributed by atoms with E-state index in [1.165, 1.54) is 70.6 Å². The highest BCUT2D eigenvalue weighted by atomic mass is 16.1. The SMILES string of the molecule is CCCCCCCCCC(CCCCCC)N=C=O. The normalized spacial score (nSPS) is 12.1. The van der Waals surface area contributed by atoms with Gasteiger partial charge in [-0.2, -0.15) is 0 Å². The minimum Gasteiger partial charge on any atom is -0.211 e. The molecule has 0 spiro atoms. The molecule has 0 amide bonds. The Balaban J connectivity index is 3.51. The van der Waals surface area contributed by atoms with Crippen LogP contribution in [0.15, 0.2) is 4.99 Å². The first-order chi connectivity index (χ1) is 9.35. The van der Waals surface area contributed by atoms with Crippen LogP contribution in [-0.4, -0.2) is 12.1 Å². The van der Waals surface area contributed by atoms with Gasteiger partial charge in [0.2, 0.25) is 6.08 Å². The molecule has 0 N–H and O–H groups in total. The van der Waals surface area contributed by atoms with Crippen LogP contribution in [0.1, 0.15) is 97.3 Å². The molecule has 0 fully saturated rings. The van der Waals surface area contributed by atoms with E-state index in [0.29, 0.717) is 0 Å². The number of rotatable bonds is 14. The molecule has 0 rings (SSSR count). The van der Waals surface area contributed by atoms with Gasteiger partial charge < -0.3 is 0 Å². The average molecular weight is 267 g/mol. The molecular formula is C17H33NO. The number of hydrogen-bond donors (Lipinski definition) is 0. The van der Waals surface area contributed by atoms with Crippen molar-refractivity contribution in [3.63, 3.8) is 0 Å². The van der Waals surface area contributed by atoms with E-state index in [0.717, 1.165) is 12.8 Å². The molecule has 0 aromatic heterocycles. The van der Waals surface area contributed by atoms with Crippen molar-refractivity contribution in [3.05, 3.63) is 0 Å². The van der Waals surface area contributed by atoms with Crippen LogP contribution in [0.3, 0.4) is 0 Å². The summed E-state index contributed by atoms with van der Waals surface area (Å²) >= 11 is 0. The molecule has 112 valence electrons. The third kappa shape index (κ3) is 13.6. The van der Waals surface area contributed by atoms with Gasteiger partial charge in [-0.3, -0.25) is 0 Å². The summed E-state index contributed by atoms with van der Waals surface area (Å²) in [5.74, 6) is 0. The molecule has 0 aliphatic rings. The van der Waals surface area contributed by atoms with Crippen molar-refractivity contribution in [2.75, 3.05) is 0 Å². The third-order valence-corrected chi connectivity index (χ3v) is 3.77. The van der Waals surface area contributed by atoms with Crippen molar-refractivity contribution in [1.29, 1.82) is 0 Å². The summed E-state index contributed by atoms with van der Waals surface area (Å²) < 4.78 is 0. The standard InChI is InChI=1S/C17H33NO/c1-3-5-7-9-10-11-13-15-17(18-16-19)14-12-8-6-4-2/h17H,3-15H2,1-2H3. The lowest BCUT2D eigenvalue weighted by Gasteiger charge is -2.10. The Labute approximate surface area is 120 Å². The zero-order valence-electron chi connectivity index (χ0n) is 13.1. The quantitative estimate of drug-likeness (QED) is 0.222. The van der Waals surface area contributed by atoms with Gasteiger partial charge in [0, 0.05) is 0 Å². The van der Waals surface area contributed by atoms with E-state index in [4.69, 9.17) is 0 Å². The molecule has 0 saturated carbocycles. The van der Waals surface area contributed by atoms with Gasteiger partial charge in [-0.05, 0) is 12.8 Å². The summed E-state index contributed by atoms with van der Waals surface area (Å²) in [7, 11) is 0. The molecule has 0 bridgehead atoms. The smallest absolute Gasteiger partial charge is 0.211 e. The molecule has 1 atom stereocenters. The van der Waals surface area contributed by atoms with Gasteiger partial charge in [0.05, 0.1) is 6.04 Å². The summed E-state index contributed by atoms with van der Waals surface area (Å²) in [6.07, 6.45) is 18.2. The molecule has 0 radical (unpaired) electrons. The van der Waals surface area contributed by atoms with E-state index in [-0.39, 0.29) is 6.04 Å². The molecule has 0 heterocycles. The predicted molar refractivity (Wildman–Crippen MR) is 83.3 cm³/mol. The highest BCUT2D eigenvalue weighted by molar-refractivity contribution is 5.33. The van der Waals surface area contributed by atoms with Crippen molar-refractivity contribution in [2.24, 2.45) is 4.99 Å². The second kappa shape index (κ2) is 15.4. The van der Waals surface area contributed by atoms with E-state index in [9.17, 15) is 4.79 Å². The van der Waals surface area contributed by atoms with Gasteiger partial charge in [-0.1, -0.05) is 84.5 Å². The molecule has 2 heteroatoms. The van der Waals surface area contributed by atoms with Crippen LogP contribution < -0.4 is 0 Å². The van der Waals surface area contributed by atoms with Gasteiger partial charge >= 0.3 is 0 Å². The number of carbonyl (C=O) groups excluding carboxylic acids is 1. The number of hydrogen-bond acceptors (Lipinski definition) is 2. The molecular weight excluding hydrogens is 234 g/mol. The third-order valence-electron chi connectivity index (χ3n) is 3.77. The highest BCUT2D eigenvalue weighted by Gasteiger charge is 2.06. The molecule has 2 nitrogen and oxygen atoms in total. The van der Waals surface area contributed by atoms with Crippen LogP contribution in [0.2, 0.25) is 0 Å². The van der Waals surface area contributed by atoms with Crippen LogP contribution in [0, 0.1) is 0 Å². The summed E-state index contributed by atoms with van der Waals surface area (Å²) in [5.41, 5.74) is 0. The second-order valence-corrected chi connectivity index (χ2v) is 5.63. The first kappa shape index (κ1) is 18.4.